The molecule has 1 N–H and O–H groups in total. The Morgan fingerprint density at radius 2 is 2.08 bits per heavy atom. The molecule has 26 heavy (non-hydrogen) atoms. The quantitative estimate of drug-likeness (QED) is 0.434. The molecule has 0 amide bonds. The maximum Gasteiger partial charge on any atom is 0.360 e. The third kappa shape index (κ3) is 3.70. The molecule has 3 rings (SSSR count). The van der Waals surface area contributed by atoms with Crippen molar-refractivity contribution in [2.45, 2.75) is 37.6 Å². The van der Waals surface area contributed by atoms with E-state index in [9.17, 15) is 4.79 Å². The van der Waals surface area contributed by atoms with Crippen LogP contribution in [0.5, 0.6) is 5.88 Å². The van der Waals surface area contributed by atoms with Crippen LogP contribution in [0.3, 0.4) is 0 Å². The van der Waals surface area contributed by atoms with Crippen molar-refractivity contribution in [1.82, 2.24) is 19.9 Å². The summed E-state index contributed by atoms with van der Waals surface area (Å²) < 4.78 is 16.8. The lowest BCUT2D eigenvalue weighted by atomic mass is 10.3. The molecule has 138 valence electrons. The minimum Gasteiger partial charge on any atom is -0.477 e. The van der Waals surface area contributed by atoms with Gasteiger partial charge in [0.25, 0.3) is 5.22 Å². The number of nitrogens with one attached hydrogen (secondary N) is 1. The molecule has 0 spiro atoms. The van der Waals surface area contributed by atoms with Crippen LogP contribution in [0.1, 0.15) is 37.0 Å². The van der Waals surface area contributed by atoms with Crippen LogP contribution >= 0.6 is 27.7 Å². The van der Waals surface area contributed by atoms with Crippen molar-refractivity contribution >= 4 is 44.7 Å². The Bertz CT molecular complexity index is 940. The Morgan fingerprint density at radius 1 is 1.27 bits per heavy atom. The van der Waals surface area contributed by atoms with Gasteiger partial charge >= 0.3 is 5.97 Å². The number of aromatic amines is 1. The minimum absolute atomic E-state index is 0.108. The van der Waals surface area contributed by atoms with E-state index in [1.165, 1.54) is 6.26 Å². The van der Waals surface area contributed by atoms with Gasteiger partial charge in [0.1, 0.15) is 11.9 Å². The van der Waals surface area contributed by atoms with Crippen molar-refractivity contribution < 1.29 is 18.7 Å². The summed E-state index contributed by atoms with van der Waals surface area (Å²) in [6, 6.07) is 0. The molecule has 0 fully saturated rings. The van der Waals surface area contributed by atoms with Crippen molar-refractivity contribution in [3.63, 3.8) is 0 Å². The van der Waals surface area contributed by atoms with Gasteiger partial charge in [0.15, 0.2) is 5.69 Å². The highest BCUT2D eigenvalue weighted by atomic mass is 79.9. The Balaban J connectivity index is 1.94. The van der Waals surface area contributed by atoms with E-state index in [2.05, 4.69) is 35.9 Å². The predicted octanol–water partition coefficient (Wildman–Crippen LogP) is 4.00. The third-order valence-corrected chi connectivity index (χ3v) is 4.99. The SMILES string of the molecule is CCOC(=O)c1coc(Sc2nc(OCC)c3c(Br)c(CC)[nH]c3n2)n1. The van der Waals surface area contributed by atoms with Gasteiger partial charge in [-0.3, -0.25) is 0 Å². The van der Waals surface area contributed by atoms with Crippen LogP contribution in [0.25, 0.3) is 11.0 Å². The van der Waals surface area contributed by atoms with Crippen molar-refractivity contribution in [1.29, 1.82) is 0 Å². The number of hydrogen-bond donors (Lipinski definition) is 1. The number of ether oxygens (including phenoxy) is 2. The molecule has 0 radical (unpaired) electrons. The maximum absolute atomic E-state index is 11.7. The van der Waals surface area contributed by atoms with Gasteiger partial charge < -0.3 is 18.9 Å². The Hall–Kier alpha value is -2.07. The van der Waals surface area contributed by atoms with Crippen molar-refractivity contribution in [2.75, 3.05) is 13.2 Å². The molecule has 0 saturated carbocycles. The average Bonchev–Trinajstić information content (AvgIpc) is 3.20. The van der Waals surface area contributed by atoms with E-state index >= 15 is 0 Å². The standard InChI is InChI=1S/C16H17BrN4O4S/c1-4-8-11(17)10-12(18-8)20-15(21-13(10)23-5-2)26-16-19-9(7-25-16)14(22)24-6-3/h7H,4-6H2,1-3H3,(H,18,20,21). The molecule has 0 saturated heterocycles. The number of fused-ring (bicyclic) bond motifs is 1. The van der Waals surface area contributed by atoms with Crippen LogP contribution in [-0.4, -0.2) is 39.1 Å². The summed E-state index contributed by atoms with van der Waals surface area (Å²) in [7, 11) is 0. The van der Waals surface area contributed by atoms with Gasteiger partial charge in [-0.1, -0.05) is 6.92 Å². The van der Waals surface area contributed by atoms with E-state index in [1.807, 2.05) is 13.8 Å². The third-order valence-electron chi connectivity index (χ3n) is 3.39. The molecule has 8 nitrogen and oxygen atoms in total. The fourth-order valence-electron chi connectivity index (χ4n) is 2.27. The summed E-state index contributed by atoms with van der Waals surface area (Å²) in [5, 5.41) is 1.44. The molecule has 0 aliphatic rings. The highest BCUT2D eigenvalue weighted by Crippen LogP contribution is 2.36. The zero-order valence-electron chi connectivity index (χ0n) is 14.5. The van der Waals surface area contributed by atoms with E-state index in [0.717, 1.165) is 33.7 Å². The summed E-state index contributed by atoms with van der Waals surface area (Å²) in [4.78, 5) is 28.0. The van der Waals surface area contributed by atoms with E-state index in [0.29, 0.717) is 23.3 Å². The summed E-state index contributed by atoms with van der Waals surface area (Å²) in [6.45, 7) is 6.41. The van der Waals surface area contributed by atoms with Crippen molar-refractivity contribution in [3.05, 3.63) is 22.1 Å². The second kappa shape index (κ2) is 8.09. The highest BCUT2D eigenvalue weighted by molar-refractivity contribution is 9.10. The van der Waals surface area contributed by atoms with Gasteiger partial charge in [-0.2, -0.15) is 9.97 Å². The molecule has 3 aromatic rings. The monoisotopic (exact) mass is 440 g/mol. The zero-order valence-corrected chi connectivity index (χ0v) is 16.9. The number of carbonyl (C=O) groups excluding carboxylic acids is 1. The number of hydrogen-bond acceptors (Lipinski definition) is 8. The first-order chi connectivity index (χ1) is 12.6. The van der Waals surface area contributed by atoms with Gasteiger partial charge in [-0.05, 0) is 36.2 Å². The fourth-order valence-corrected chi connectivity index (χ4v) is 3.67. The lowest BCUT2D eigenvalue weighted by molar-refractivity contribution is 0.0519. The van der Waals surface area contributed by atoms with E-state index in [1.54, 1.807) is 6.92 Å². The van der Waals surface area contributed by atoms with E-state index < -0.39 is 5.97 Å². The van der Waals surface area contributed by atoms with E-state index in [4.69, 9.17) is 13.9 Å². The Labute approximate surface area is 162 Å². The fraction of sp³-hybridized carbons (Fsp3) is 0.375. The molecule has 0 atom stereocenters. The van der Waals surface area contributed by atoms with Crippen LogP contribution in [0.15, 0.2) is 25.5 Å². The maximum atomic E-state index is 11.7. The molecule has 3 heterocycles. The van der Waals surface area contributed by atoms with Gasteiger partial charge in [-0.15, -0.1) is 0 Å². The first-order valence-electron chi connectivity index (χ1n) is 8.08. The number of nitrogens with zero attached hydrogens (tertiary/aromatic N) is 3. The number of H-pyrrole nitrogens is 1. The number of halogens is 1. The molecule has 0 aliphatic carbocycles. The number of oxazole rings is 1. The van der Waals surface area contributed by atoms with Crippen LogP contribution in [0.4, 0.5) is 0 Å². The van der Waals surface area contributed by atoms with Crippen molar-refractivity contribution in [2.24, 2.45) is 0 Å². The minimum atomic E-state index is -0.532. The number of aryl methyl sites for hydroxylation is 1. The van der Waals surface area contributed by atoms with Gasteiger partial charge in [-0.25, -0.2) is 9.78 Å². The summed E-state index contributed by atoms with van der Waals surface area (Å²) in [6.07, 6.45) is 2.07. The lowest BCUT2D eigenvalue weighted by Crippen LogP contribution is -2.04. The molecule has 0 bridgehead atoms. The van der Waals surface area contributed by atoms with Crippen LogP contribution in [0, 0.1) is 0 Å². The largest absolute Gasteiger partial charge is 0.477 e. The molecule has 0 aliphatic heterocycles. The number of rotatable bonds is 7. The second-order valence-corrected chi connectivity index (χ2v) is 6.77. The van der Waals surface area contributed by atoms with Crippen LogP contribution < -0.4 is 4.74 Å². The van der Waals surface area contributed by atoms with Gasteiger partial charge in [0.2, 0.25) is 11.0 Å². The molecule has 0 aromatic carbocycles. The molecular weight excluding hydrogens is 424 g/mol. The second-order valence-electron chi connectivity index (χ2n) is 5.06. The summed E-state index contributed by atoms with van der Waals surface area (Å²) in [5.41, 5.74) is 1.78. The lowest BCUT2D eigenvalue weighted by Gasteiger charge is -2.05. The molecule has 3 aromatic heterocycles. The smallest absolute Gasteiger partial charge is 0.360 e. The first-order valence-corrected chi connectivity index (χ1v) is 9.69. The van der Waals surface area contributed by atoms with E-state index in [-0.39, 0.29) is 17.5 Å². The van der Waals surface area contributed by atoms with Gasteiger partial charge in [0, 0.05) is 17.5 Å². The first kappa shape index (κ1) is 18.7. The summed E-state index contributed by atoms with van der Waals surface area (Å²) in [5.74, 6) is -0.0599. The zero-order chi connectivity index (χ0) is 18.7. The number of esters is 1. The summed E-state index contributed by atoms with van der Waals surface area (Å²) >= 11 is 4.68. The molecule has 0 unspecified atom stereocenters. The average molecular weight is 441 g/mol. The predicted molar refractivity (Wildman–Crippen MR) is 98.7 cm³/mol. The Morgan fingerprint density at radius 3 is 2.77 bits per heavy atom. The van der Waals surface area contributed by atoms with Crippen LogP contribution in [0.2, 0.25) is 0 Å². The molecular formula is C16H17BrN4O4S. The highest BCUT2D eigenvalue weighted by Gasteiger charge is 2.20. The van der Waals surface area contributed by atoms with Crippen molar-refractivity contribution in [3.8, 4) is 5.88 Å². The number of carbonyl (C=O) groups is 1. The Kier molecular flexibility index (Phi) is 5.82. The molecule has 10 heteroatoms. The van der Waals surface area contributed by atoms with Gasteiger partial charge in [0.05, 0.1) is 23.1 Å². The normalized spacial score (nSPS) is 11.1. The van der Waals surface area contributed by atoms with Crippen LogP contribution in [-0.2, 0) is 11.2 Å². The number of aromatic nitrogens is 4. The topological polar surface area (TPSA) is 103 Å².